The molecule has 90 valence electrons. The molecular weight excluding hydrogens is 192 g/mol. The zero-order valence-corrected chi connectivity index (χ0v) is 10.0. The third-order valence-corrected chi connectivity index (χ3v) is 2.39. The van der Waals surface area contributed by atoms with Gasteiger partial charge < -0.3 is 15.7 Å². The molecule has 0 saturated heterocycles. The van der Waals surface area contributed by atoms with Crippen molar-refractivity contribution in [2.75, 3.05) is 13.2 Å². The second-order valence-electron chi connectivity index (χ2n) is 3.93. The SMILES string of the molecule is CCCC(C)NC(=O)CNC(CC)CO. The van der Waals surface area contributed by atoms with Gasteiger partial charge in [-0.3, -0.25) is 4.79 Å². The molecule has 2 unspecified atom stereocenters. The van der Waals surface area contributed by atoms with E-state index in [1.807, 2.05) is 13.8 Å². The van der Waals surface area contributed by atoms with E-state index in [0.29, 0.717) is 0 Å². The Kier molecular flexibility index (Phi) is 8.33. The molecule has 0 aromatic carbocycles. The Morgan fingerprint density at radius 1 is 1.40 bits per heavy atom. The highest BCUT2D eigenvalue weighted by Gasteiger charge is 2.08. The molecule has 0 rings (SSSR count). The molecule has 15 heavy (non-hydrogen) atoms. The summed E-state index contributed by atoms with van der Waals surface area (Å²) in [6.07, 6.45) is 2.90. The first-order valence-corrected chi connectivity index (χ1v) is 5.77. The number of nitrogens with one attached hydrogen (secondary N) is 2. The molecule has 4 heteroatoms. The average molecular weight is 216 g/mol. The molecule has 3 N–H and O–H groups in total. The lowest BCUT2D eigenvalue weighted by Crippen LogP contribution is -2.43. The number of aliphatic hydroxyl groups is 1. The van der Waals surface area contributed by atoms with Crippen LogP contribution in [0.2, 0.25) is 0 Å². The Bertz CT molecular complexity index is 170. The molecule has 0 spiro atoms. The van der Waals surface area contributed by atoms with Crippen molar-refractivity contribution < 1.29 is 9.90 Å². The summed E-state index contributed by atoms with van der Waals surface area (Å²) in [5.41, 5.74) is 0. The Hall–Kier alpha value is -0.610. The van der Waals surface area contributed by atoms with Crippen LogP contribution in [0.4, 0.5) is 0 Å². The van der Waals surface area contributed by atoms with Crippen molar-refractivity contribution in [3.8, 4) is 0 Å². The van der Waals surface area contributed by atoms with Crippen LogP contribution >= 0.6 is 0 Å². The minimum absolute atomic E-state index is 0.00264. The minimum atomic E-state index is 0.00264. The van der Waals surface area contributed by atoms with Gasteiger partial charge in [-0.25, -0.2) is 0 Å². The number of hydrogen-bond donors (Lipinski definition) is 3. The first-order chi connectivity index (χ1) is 7.13. The molecule has 2 atom stereocenters. The predicted molar refractivity (Wildman–Crippen MR) is 61.7 cm³/mol. The quantitative estimate of drug-likeness (QED) is 0.558. The fraction of sp³-hybridized carbons (Fsp3) is 0.909. The summed E-state index contributed by atoms with van der Waals surface area (Å²) < 4.78 is 0. The van der Waals surface area contributed by atoms with E-state index in [0.717, 1.165) is 19.3 Å². The lowest BCUT2D eigenvalue weighted by Gasteiger charge is -2.16. The normalized spacial score (nSPS) is 14.7. The monoisotopic (exact) mass is 216 g/mol. The standard InChI is InChI=1S/C11H24N2O2/c1-4-6-9(3)13-11(15)7-12-10(5-2)8-14/h9-10,12,14H,4-8H2,1-3H3,(H,13,15). The first kappa shape index (κ1) is 14.4. The zero-order chi connectivity index (χ0) is 11.7. The van der Waals surface area contributed by atoms with Crippen LogP contribution in [0, 0.1) is 0 Å². The van der Waals surface area contributed by atoms with Gasteiger partial charge in [0.25, 0.3) is 0 Å². The van der Waals surface area contributed by atoms with Gasteiger partial charge in [0.1, 0.15) is 0 Å². The summed E-state index contributed by atoms with van der Waals surface area (Å²) in [6, 6.07) is 0.260. The maximum absolute atomic E-state index is 11.4. The molecular formula is C11H24N2O2. The Labute approximate surface area is 92.4 Å². The number of carbonyl (C=O) groups is 1. The Morgan fingerprint density at radius 3 is 2.53 bits per heavy atom. The molecule has 0 radical (unpaired) electrons. The molecule has 4 nitrogen and oxygen atoms in total. The van der Waals surface area contributed by atoms with E-state index in [1.165, 1.54) is 0 Å². The number of amides is 1. The highest BCUT2D eigenvalue weighted by atomic mass is 16.3. The van der Waals surface area contributed by atoms with Crippen molar-refractivity contribution in [2.24, 2.45) is 0 Å². The summed E-state index contributed by atoms with van der Waals surface area (Å²) in [5, 5.41) is 14.8. The van der Waals surface area contributed by atoms with Gasteiger partial charge in [0.2, 0.25) is 5.91 Å². The molecule has 0 aromatic heterocycles. The molecule has 0 heterocycles. The summed E-state index contributed by atoms with van der Waals surface area (Å²) in [5.74, 6) is 0.00264. The summed E-state index contributed by atoms with van der Waals surface area (Å²) in [6.45, 7) is 6.44. The molecule has 0 bridgehead atoms. The van der Waals surface area contributed by atoms with Gasteiger partial charge in [0.05, 0.1) is 13.2 Å². The van der Waals surface area contributed by atoms with Crippen molar-refractivity contribution in [1.29, 1.82) is 0 Å². The molecule has 0 aliphatic heterocycles. The van der Waals surface area contributed by atoms with Gasteiger partial charge in [-0.2, -0.15) is 0 Å². The van der Waals surface area contributed by atoms with E-state index in [2.05, 4.69) is 17.6 Å². The molecule has 0 fully saturated rings. The van der Waals surface area contributed by atoms with Crippen LogP contribution in [0.5, 0.6) is 0 Å². The zero-order valence-electron chi connectivity index (χ0n) is 10.0. The number of carbonyl (C=O) groups excluding carboxylic acids is 1. The van der Waals surface area contributed by atoms with E-state index in [1.54, 1.807) is 0 Å². The van der Waals surface area contributed by atoms with Crippen molar-refractivity contribution in [3.63, 3.8) is 0 Å². The highest BCUT2D eigenvalue weighted by molar-refractivity contribution is 5.78. The van der Waals surface area contributed by atoms with Crippen molar-refractivity contribution >= 4 is 5.91 Å². The molecule has 0 aliphatic rings. The fourth-order valence-electron chi connectivity index (χ4n) is 1.41. The van der Waals surface area contributed by atoms with Crippen LogP contribution in [0.3, 0.4) is 0 Å². The molecule has 1 amide bonds. The van der Waals surface area contributed by atoms with Gasteiger partial charge in [0.15, 0.2) is 0 Å². The largest absolute Gasteiger partial charge is 0.395 e. The van der Waals surface area contributed by atoms with Gasteiger partial charge in [-0.1, -0.05) is 20.3 Å². The van der Waals surface area contributed by atoms with E-state index in [4.69, 9.17) is 5.11 Å². The van der Waals surface area contributed by atoms with Gasteiger partial charge in [-0.15, -0.1) is 0 Å². The molecule has 0 aromatic rings. The Balaban J connectivity index is 3.64. The predicted octanol–water partition coefficient (Wildman–Crippen LogP) is 0.652. The fourth-order valence-corrected chi connectivity index (χ4v) is 1.41. The van der Waals surface area contributed by atoms with Crippen LogP contribution in [-0.2, 0) is 4.79 Å². The maximum atomic E-state index is 11.4. The third-order valence-electron chi connectivity index (χ3n) is 2.39. The number of aliphatic hydroxyl groups excluding tert-OH is 1. The topological polar surface area (TPSA) is 61.4 Å². The minimum Gasteiger partial charge on any atom is -0.395 e. The van der Waals surface area contributed by atoms with Crippen molar-refractivity contribution in [2.45, 2.75) is 52.1 Å². The van der Waals surface area contributed by atoms with Gasteiger partial charge in [0, 0.05) is 12.1 Å². The molecule has 0 saturated carbocycles. The van der Waals surface area contributed by atoms with Crippen LogP contribution in [0.15, 0.2) is 0 Å². The van der Waals surface area contributed by atoms with Crippen molar-refractivity contribution in [3.05, 3.63) is 0 Å². The van der Waals surface area contributed by atoms with Crippen LogP contribution in [0.25, 0.3) is 0 Å². The summed E-state index contributed by atoms with van der Waals surface area (Å²) >= 11 is 0. The van der Waals surface area contributed by atoms with E-state index < -0.39 is 0 Å². The van der Waals surface area contributed by atoms with E-state index >= 15 is 0 Å². The third kappa shape index (κ3) is 7.33. The lowest BCUT2D eigenvalue weighted by atomic mass is 10.2. The summed E-state index contributed by atoms with van der Waals surface area (Å²) in [4.78, 5) is 11.4. The average Bonchev–Trinajstić information content (AvgIpc) is 2.19. The van der Waals surface area contributed by atoms with Crippen molar-refractivity contribution in [1.82, 2.24) is 10.6 Å². The smallest absolute Gasteiger partial charge is 0.234 e. The maximum Gasteiger partial charge on any atom is 0.234 e. The Morgan fingerprint density at radius 2 is 2.07 bits per heavy atom. The van der Waals surface area contributed by atoms with Crippen LogP contribution < -0.4 is 10.6 Å². The second kappa shape index (κ2) is 8.68. The number of rotatable bonds is 8. The lowest BCUT2D eigenvalue weighted by molar-refractivity contribution is -0.121. The first-order valence-electron chi connectivity index (χ1n) is 5.77. The van der Waals surface area contributed by atoms with E-state index in [-0.39, 0.29) is 31.1 Å². The van der Waals surface area contributed by atoms with Gasteiger partial charge >= 0.3 is 0 Å². The highest BCUT2D eigenvalue weighted by Crippen LogP contribution is 1.94. The number of hydrogen-bond acceptors (Lipinski definition) is 3. The van der Waals surface area contributed by atoms with Crippen LogP contribution in [0.1, 0.15) is 40.0 Å². The molecule has 0 aliphatic carbocycles. The van der Waals surface area contributed by atoms with Crippen LogP contribution in [-0.4, -0.2) is 36.2 Å². The summed E-state index contributed by atoms with van der Waals surface area (Å²) in [7, 11) is 0. The van der Waals surface area contributed by atoms with Gasteiger partial charge in [-0.05, 0) is 19.8 Å². The van der Waals surface area contributed by atoms with E-state index in [9.17, 15) is 4.79 Å². The second-order valence-corrected chi connectivity index (χ2v) is 3.93.